The molecular formula is C27H41N7O3. The monoisotopic (exact) mass is 511 g/mol. The van der Waals surface area contributed by atoms with E-state index in [9.17, 15) is 14.7 Å². The lowest BCUT2D eigenvalue weighted by Crippen LogP contribution is -2.41. The molecule has 1 amide bonds. The van der Waals surface area contributed by atoms with Gasteiger partial charge in [-0.15, -0.1) is 0 Å². The summed E-state index contributed by atoms with van der Waals surface area (Å²) in [5.41, 5.74) is 3.04. The van der Waals surface area contributed by atoms with Crippen LogP contribution in [-0.2, 0) is 27.8 Å². The first-order valence-electron chi connectivity index (χ1n) is 13.1. The molecule has 0 saturated carbocycles. The Bertz CT molecular complexity index is 1050. The van der Waals surface area contributed by atoms with Crippen LogP contribution >= 0.6 is 0 Å². The third kappa shape index (κ3) is 9.27. The van der Waals surface area contributed by atoms with Gasteiger partial charge in [0.15, 0.2) is 0 Å². The minimum absolute atomic E-state index is 0.112. The molecule has 0 aliphatic carbocycles. The highest BCUT2D eigenvalue weighted by atomic mass is 16.4. The van der Waals surface area contributed by atoms with Gasteiger partial charge in [0.25, 0.3) is 0 Å². The summed E-state index contributed by atoms with van der Waals surface area (Å²) in [5, 5.41) is 19.1. The van der Waals surface area contributed by atoms with E-state index in [2.05, 4.69) is 43.0 Å². The number of carboxylic acid groups (broad SMARTS) is 1. The zero-order valence-corrected chi connectivity index (χ0v) is 22.5. The first-order valence-corrected chi connectivity index (χ1v) is 13.1. The molecule has 3 heterocycles. The minimum Gasteiger partial charge on any atom is -0.480 e. The highest BCUT2D eigenvalue weighted by Gasteiger charge is 2.21. The van der Waals surface area contributed by atoms with Crippen LogP contribution in [0.5, 0.6) is 0 Å². The smallest absolute Gasteiger partial charge is 0.326 e. The number of nitrogens with zero attached hydrogens (tertiary/aromatic N) is 4. The fourth-order valence-electron chi connectivity index (χ4n) is 4.24. The molecule has 0 spiro atoms. The minimum atomic E-state index is -0.942. The maximum absolute atomic E-state index is 12.0. The van der Waals surface area contributed by atoms with Crippen LogP contribution in [0.25, 0.3) is 0 Å². The van der Waals surface area contributed by atoms with E-state index in [0.29, 0.717) is 25.5 Å². The number of unbranched alkanes of at least 4 members (excludes halogenated alkanes) is 1. The van der Waals surface area contributed by atoms with E-state index in [4.69, 9.17) is 4.98 Å². The van der Waals surface area contributed by atoms with Crippen LogP contribution in [0.15, 0.2) is 24.5 Å². The van der Waals surface area contributed by atoms with Crippen LogP contribution in [0, 0.1) is 0 Å². The number of hydrogen-bond donors (Lipinski definition) is 4. The van der Waals surface area contributed by atoms with Crippen LogP contribution in [0.1, 0.15) is 70.3 Å². The van der Waals surface area contributed by atoms with Crippen LogP contribution in [-0.4, -0.2) is 69.2 Å². The quantitative estimate of drug-likeness (QED) is 0.236. The van der Waals surface area contributed by atoms with Crippen molar-refractivity contribution in [3.63, 3.8) is 0 Å². The van der Waals surface area contributed by atoms with Gasteiger partial charge >= 0.3 is 5.97 Å². The largest absolute Gasteiger partial charge is 0.480 e. The number of hydrogen-bond acceptors (Lipinski definition) is 8. The Hall–Kier alpha value is -3.27. The number of amides is 1. The number of aryl methyl sites for hydroxylation is 2. The van der Waals surface area contributed by atoms with Gasteiger partial charge in [-0.2, -0.15) is 0 Å². The van der Waals surface area contributed by atoms with E-state index in [1.807, 2.05) is 20.8 Å². The molecule has 1 unspecified atom stereocenters. The molecule has 202 valence electrons. The Labute approximate surface area is 219 Å². The van der Waals surface area contributed by atoms with E-state index in [1.165, 1.54) is 18.8 Å². The van der Waals surface area contributed by atoms with Gasteiger partial charge in [-0.05, 0) is 56.7 Å². The van der Waals surface area contributed by atoms with E-state index >= 15 is 0 Å². The zero-order valence-electron chi connectivity index (χ0n) is 22.5. The maximum Gasteiger partial charge on any atom is 0.326 e. The fraction of sp³-hybridized carbons (Fsp3) is 0.593. The molecule has 2 aromatic heterocycles. The average Bonchev–Trinajstić information content (AvgIpc) is 2.86. The number of anilines is 2. The molecule has 10 nitrogen and oxygen atoms in total. The fourth-order valence-corrected chi connectivity index (χ4v) is 4.24. The zero-order chi connectivity index (χ0) is 26.8. The maximum atomic E-state index is 12.0. The van der Waals surface area contributed by atoms with Crippen molar-refractivity contribution in [2.75, 3.05) is 36.9 Å². The summed E-state index contributed by atoms with van der Waals surface area (Å²) in [6, 6.07) is 5.28. The Morgan fingerprint density at radius 2 is 2.00 bits per heavy atom. The Morgan fingerprint density at radius 3 is 2.73 bits per heavy atom. The number of pyridine rings is 1. The number of fused-ring (bicyclic) bond motifs is 1. The molecule has 4 N–H and O–H groups in total. The first-order chi connectivity index (χ1) is 17.6. The van der Waals surface area contributed by atoms with E-state index in [1.54, 1.807) is 6.07 Å². The summed E-state index contributed by atoms with van der Waals surface area (Å²) in [6.07, 6.45) is 6.80. The van der Waals surface area contributed by atoms with E-state index in [0.717, 1.165) is 62.4 Å². The van der Waals surface area contributed by atoms with Gasteiger partial charge in [0.05, 0.1) is 12.4 Å². The van der Waals surface area contributed by atoms with Crippen molar-refractivity contribution in [3.05, 3.63) is 41.5 Å². The second-order valence-corrected chi connectivity index (χ2v) is 10.7. The third-order valence-electron chi connectivity index (χ3n) is 6.45. The third-order valence-corrected chi connectivity index (χ3v) is 6.45. The summed E-state index contributed by atoms with van der Waals surface area (Å²) in [6.45, 7) is 10.2. The number of rotatable bonds is 13. The number of carbonyl (C=O) groups is 2. The Kier molecular flexibility index (Phi) is 10.2. The molecule has 0 saturated heterocycles. The number of nitrogens with one attached hydrogen (secondary N) is 3. The van der Waals surface area contributed by atoms with Gasteiger partial charge < -0.3 is 21.1 Å². The predicted octanol–water partition coefficient (Wildman–Crippen LogP) is 3.20. The molecular weight excluding hydrogens is 470 g/mol. The van der Waals surface area contributed by atoms with E-state index < -0.39 is 12.0 Å². The summed E-state index contributed by atoms with van der Waals surface area (Å²) in [4.78, 5) is 38.9. The molecule has 0 aromatic carbocycles. The van der Waals surface area contributed by atoms with E-state index in [-0.39, 0.29) is 11.3 Å². The lowest BCUT2D eigenvalue weighted by Gasteiger charge is -2.25. The van der Waals surface area contributed by atoms with Crippen molar-refractivity contribution >= 4 is 23.5 Å². The molecule has 1 atom stereocenters. The normalized spacial score (nSPS) is 14.0. The summed E-state index contributed by atoms with van der Waals surface area (Å²) < 4.78 is 0. The molecule has 37 heavy (non-hydrogen) atoms. The molecule has 3 rings (SSSR count). The summed E-state index contributed by atoms with van der Waals surface area (Å²) >= 11 is 0. The van der Waals surface area contributed by atoms with Crippen LogP contribution < -0.4 is 16.0 Å². The van der Waals surface area contributed by atoms with Crippen molar-refractivity contribution in [1.82, 2.24) is 25.2 Å². The van der Waals surface area contributed by atoms with Crippen molar-refractivity contribution in [1.29, 1.82) is 0 Å². The van der Waals surface area contributed by atoms with Gasteiger partial charge in [-0.3, -0.25) is 9.69 Å². The lowest BCUT2D eigenvalue weighted by molar-refractivity contribution is -0.138. The summed E-state index contributed by atoms with van der Waals surface area (Å²) in [7, 11) is 0. The Morgan fingerprint density at radius 1 is 1.19 bits per heavy atom. The van der Waals surface area contributed by atoms with Gasteiger partial charge in [-0.1, -0.05) is 26.8 Å². The van der Waals surface area contributed by atoms with Gasteiger partial charge in [0.2, 0.25) is 5.91 Å². The van der Waals surface area contributed by atoms with Crippen LogP contribution in [0.3, 0.4) is 0 Å². The predicted molar refractivity (Wildman–Crippen MR) is 145 cm³/mol. The highest BCUT2D eigenvalue weighted by molar-refractivity contribution is 5.76. The van der Waals surface area contributed by atoms with Crippen LogP contribution in [0.4, 0.5) is 11.6 Å². The number of aromatic nitrogens is 3. The molecule has 10 heteroatoms. The van der Waals surface area contributed by atoms with Gasteiger partial charge in [0.1, 0.15) is 24.0 Å². The van der Waals surface area contributed by atoms with Gasteiger partial charge in [0, 0.05) is 37.2 Å². The Balaban J connectivity index is 1.53. The van der Waals surface area contributed by atoms with Crippen molar-refractivity contribution in [2.45, 2.75) is 77.7 Å². The second kappa shape index (κ2) is 13.3. The van der Waals surface area contributed by atoms with Crippen molar-refractivity contribution in [3.8, 4) is 0 Å². The van der Waals surface area contributed by atoms with Crippen molar-refractivity contribution < 1.29 is 14.7 Å². The van der Waals surface area contributed by atoms with Crippen LogP contribution in [0.2, 0.25) is 0 Å². The second-order valence-electron chi connectivity index (χ2n) is 10.7. The number of carboxylic acids is 1. The standard InChI is InChI=1S/C27H41N7O3/c1-19(35)31-18-34(14-6-5-9-21-11-10-20-8-7-13-28-25(20)32-21)15-12-22(26(36)37)33-24-16-23(27(2,3)4)29-17-30-24/h10-11,16-17,22H,5-9,12-15,18H2,1-4H3,(H,28,32)(H,31,35)(H,36,37)(H,29,30,33). The highest BCUT2D eigenvalue weighted by Crippen LogP contribution is 2.22. The first kappa shape index (κ1) is 28.3. The molecule has 0 radical (unpaired) electrons. The summed E-state index contributed by atoms with van der Waals surface area (Å²) in [5.74, 6) is 0.455. The van der Waals surface area contributed by atoms with Gasteiger partial charge in [-0.25, -0.2) is 19.7 Å². The molecule has 2 aromatic rings. The van der Waals surface area contributed by atoms with Crippen molar-refractivity contribution in [2.24, 2.45) is 0 Å². The molecule has 0 bridgehead atoms. The lowest BCUT2D eigenvalue weighted by atomic mass is 9.92. The molecule has 0 fully saturated rings. The number of carbonyl (C=O) groups excluding carboxylic acids is 1. The average molecular weight is 512 g/mol. The number of aliphatic carboxylic acids is 1. The SMILES string of the molecule is CC(=O)NCN(CCCCc1ccc2c(n1)NCCC2)CCC(Nc1cc(C(C)(C)C)ncn1)C(=O)O. The molecule has 1 aliphatic rings. The topological polar surface area (TPSA) is 132 Å². The molecule has 1 aliphatic heterocycles.